The molecular formula is C19H28N4O3. The van der Waals surface area contributed by atoms with E-state index in [-0.39, 0.29) is 6.04 Å². The minimum absolute atomic E-state index is 0.142. The summed E-state index contributed by atoms with van der Waals surface area (Å²) >= 11 is 0. The Morgan fingerprint density at radius 3 is 2.62 bits per heavy atom. The van der Waals surface area contributed by atoms with E-state index in [1.165, 1.54) is 0 Å². The molecular weight excluding hydrogens is 332 g/mol. The van der Waals surface area contributed by atoms with Crippen molar-refractivity contribution in [3.05, 3.63) is 23.8 Å². The van der Waals surface area contributed by atoms with Crippen molar-refractivity contribution in [2.45, 2.75) is 6.04 Å². The first-order chi connectivity index (χ1) is 12.7. The molecule has 0 aromatic heterocycles. The van der Waals surface area contributed by atoms with Gasteiger partial charge in [-0.25, -0.2) is 0 Å². The number of nitrogens with zero attached hydrogens (tertiary/aromatic N) is 2. The molecule has 0 amide bonds. The van der Waals surface area contributed by atoms with Crippen molar-refractivity contribution in [2.24, 2.45) is 4.99 Å². The molecule has 1 saturated heterocycles. The molecule has 142 valence electrons. The number of morpholine rings is 1. The van der Waals surface area contributed by atoms with Gasteiger partial charge in [-0.15, -0.1) is 6.42 Å². The van der Waals surface area contributed by atoms with Crippen molar-refractivity contribution in [1.29, 1.82) is 0 Å². The van der Waals surface area contributed by atoms with Crippen LogP contribution in [0.5, 0.6) is 11.5 Å². The zero-order valence-corrected chi connectivity index (χ0v) is 15.7. The summed E-state index contributed by atoms with van der Waals surface area (Å²) in [7, 11) is 5.01. The smallest absolute Gasteiger partial charge is 0.191 e. The summed E-state index contributed by atoms with van der Waals surface area (Å²) in [5.74, 6) is 4.68. The van der Waals surface area contributed by atoms with Gasteiger partial charge in [-0.1, -0.05) is 12.0 Å². The van der Waals surface area contributed by atoms with Gasteiger partial charge in [0.2, 0.25) is 0 Å². The molecule has 1 heterocycles. The molecule has 1 unspecified atom stereocenters. The summed E-state index contributed by atoms with van der Waals surface area (Å²) in [6.45, 7) is 4.31. The summed E-state index contributed by atoms with van der Waals surface area (Å²) in [5.41, 5.74) is 1.14. The number of guanidine groups is 1. The van der Waals surface area contributed by atoms with E-state index in [1.54, 1.807) is 21.3 Å². The number of aliphatic imine (C=N–C) groups is 1. The van der Waals surface area contributed by atoms with Gasteiger partial charge in [0.05, 0.1) is 40.0 Å². The Morgan fingerprint density at radius 2 is 2.00 bits per heavy atom. The highest BCUT2D eigenvalue weighted by Gasteiger charge is 2.24. The van der Waals surface area contributed by atoms with Crippen LogP contribution in [0.2, 0.25) is 0 Å². The quantitative estimate of drug-likeness (QED) is 0.427. The van der Waals surface area contributed by atoms with Crippen LogP contribution in [0, 0.1) is 12.3 Å². The van der Waals surface area contributed by atoms with Crippen LogP contribution in [0.3, 0.4) is 0 Å². The molecule has 1 aromatic rings. The molecule has 7 nitrogen and oxygen atoms in total. The first-order valence-corrected chi connectivity index (χ1v) is 8.65. The molecule has 0 bridgehead atoms. The van der Waals surface area contributed by atoms with E-state index in [1.807, 2.05) is 12.1 Å². The molecule has 1 aliphatic heterocycles. The minimum atomic E-state index is 0.142. The molecule has 1 atom stereocenters. The fourth-order valence-electron chi connectivity index (χ4n) is 2.96. The van der Waals surface area contributed by atoms with Crippen LogP contribution in [0.15, 0.2) is 23.2 Å². The number of terminal acetylenes is 1. The highest BCUT2D eigenvalue weighted by atomic mass is 16.5. The van der Waals surface area contributed by atoms with E-state index >= 15 is 0 Å². The minimum Gasteiger partial charge on any atom is -0.493 e. The van der Waals surface area contributed by atoms with Crippen molar-refractivity contribution in [3.63, 3.8) is 0 Å². The van der Waals surface area contributed by atoms with Gasteiger partial charge in [-0.3, -0.25) is 9.89 Å². The Kier molecular flexibility index (Phi) is 8.06. The lowest BCUT2D eigenvalue weighted by molar-refractivity contribution is 0.0169. The summed E-state index contributed by atoms with van der Waals surface area (Å²) in [6.07, 6.45) is 5.31. The molecule has 2 N–H and O–H groups in total. The summed E-state index contributed by atoms with van der Waals surface area (Å²) < 4.78 is 16.3. The van der Waals surface area contributed by atoms with Crippen LogP contribution in [-0.2, 0) is 4.74 Å². The third kappa shape index (κ3) is 5.28. The van der Waals surface area contributed by atoms with Crippen LogP contribution in [-0.4, -0.2) is 71.5 Å². The van der Waals surface area contributed by atoms with Crippen molar-refractivity contribution in [1.82, 2.24) is 15.5 Å². The number of hydrogen-bond acceptors (Lipinski definition) is 5. The first-order valence-electron chi connectivity index (χ1n) is 8.65. The molecule has 7 heteroatoms. The fourth-order valence-corrected chi connectivity index (χ4v) is 2.96. The molecule has 1 fully saturated rings. The lowest BCUT2D eigenvalue weighted by Gasteiger charge is -2.35. The second kappa shape index (κ2) is 10.5. The standard InChI is InChI=1S/C19H28N4O3/c1-5-8-21-19(20-2)22-14-16(23-9-11-26-12-10-23)15-6-7-17(24-3)18(13-15)25-4/h1,6-7,13,16H,8-12,14H2,2-4H3,(H2,20,21,22). The summed E-state index contributed by atoms with van der Waals surface area (Å²) in [5, 5.41) is 6.44. The highest BCUT2D eigenvalue weighted by Crippen LogP contribution is 2.32. The zero-order valence-electron chi connectivity index (χ0n) is 15.7. The average Bonchev–Trinajstić information content (AvgIpc) is 2.71. The summed E-state index contributed by atoms with van der Waals surface area (Å²) in [6, 6.07) is 6.18. The molecule has 1 aliphatic rings. The maximum atomic E-state index is 5.50. The van der Waals surface area contributed by atoms with E-state index < -0.39 is 0 Å². The lowest BCUT2D eigenvalue weighted by Crippen LogP contribution is -2.46. The van der Waals surface area contributed by atoms with Gasteiger partial charge in [0.1, 0.15) is 0 Å². The van der Waals surface area contributed by atoms with Crippen molar-refractivity contribution in [2.75, 3.05) is 60.7 Å². The summed E-state index contributed by atoms with van der Waals surface area (Å²) in [4.78, 5) is 6.60. The Labute approximate surface area is 155 Å². The SMILES string of the molecule is C#CCNC(=NC)NCC(c1ccc(OC)c(OC)c1)N1CCOCC1. The van der Waals surface area contributed by atoms with Gasteiger partial charge in [-0.2, -0.15) is 0 Å². The monoisotopic (exact) mass is 360 g/mol. The maximum absolute atomic E-state index is 5.50. The van der Waals surface area contributed by atoms with E-state index in [0.29, 0.717) is 19.0 Å². The Balaban J connectivity index is 2.19. The van der Waals surface area contributed by atoms with Crippen LogP contribution in [0.1, 0.15) is 11.6 Å². The second-order valence-corrected chi connectivity index (χ2v) is 5.79. The van der Waals surface area contributed by atoms with Crippen LogP contribution in [0.25, 0.3) is 0 Å². The lowest BCUT2D eigenvalue weighted by atomic mass is 10.0. The number of ether oxygens (including phenoxy) is 3. The van der Waals surface area contributed by atoms with Gasteiger partial charge < -0.3 is 24.8 Å². The average molecular weight is 360 g/mol. The number of rotatable bonds is 7. The molecule has 0 radical (unpaired) electrons. The molecule has 0 spiro atoms. The van der Waals surface area contributed by atoms with E-state index in [0.717, 1.165) is 43.4 Å². The van der Waals surface area contributed by atoms with Crippen LogP contribution in [0.4, 0.5) is 0 Å². The number of hydrogen-bond donors (Lipinski definition) is 2. The molecule has 0 aliphatic carbocycles. The third-order valence-corrected chi connectivity index (χ3v) is 4.32. The van der Waals surface area contributed by atoms with Gasteiger partial charge in [0, 0.05) is 26.7 Å². The molecule has 26 heavy (non-hydrogen) atoms. The first kappa shape index (κ1) is 19.9. The highest BCUT2D eigenvalue weighted by molar-refractivity contribution is 5.79. The Morgan fingerprint density at radius 1 is 1.27 bits per heavy atom. The third-order valence-electron chi connectivity index (χ3n) is 4.32. The fraction of sp³-hybridized carbons (Fsp3) is 0.526. The van der Waals surface area contributed by atoms with E-state index in [4.69, 9.17) is 20.6 Å². The molecule has 2 rings (SSSR count). The van der Waals surface area contributed by atoms with Crippen LogP contribution >= 0.6 is 0 Å². The predicted molar refractivity (Wildman–Crippen MR) is 103 cm³/mol. The van der Waals surface area contributed by atoms with Crippen molar-refractivity contribution < 1.29 is 14.2 Å². The molecule has 1 aromatic carbocycles. The van der Waals surface area contributed by atoms with Gasteiger partial charge >= 0.3 is 0 Å². The van der Waals surface area contributed by atoms with Gasteiger partial charge in [0.15, 0.2) is 17.5 Å². The van der Waals surface area contributed by atoms with E-state index in [2.05, 4.69) is 32.5 Å². The maximum Gasteiger partial charge on any atom is 0.191 e. The Bertz CT molecular complexity index is 636. The van der Waals surface area contributed by atoms with Crippen LogP contribution < -0.4 is 20.1 Å². The largest absolute Gasteiger partial charge is 0.493 e. The van der Waals surface area contributed by atoms with Crippen molar-refractivity contribution >= 4 is 5.96 Å². The normalized spacial score (nSPS) is 16.5. The van der Waals surface area contributed by atoms with Gasteiger partial charge in [0.25, 0.3) is 0 Å². The number of methoxy groups -OCH3 is 2. The van der Waals surface area contributed by atoms with Crippen molar-refractivity contribution in [3.8, 4) is 23.8 Å². The molecule has 0 saturated carbocycles. The Hall–Kier alpha value is -2.43. The zero-order chi connectivity index (χ0) is 18.8. The predicted octanol–water partition coefficient (Wildman–Crippen LogP) is 0.875. The second-order valence-electron chi connectivity index (χ2n) is 5.79. The number of benzene rings is 1. The topological polar surface area (TPSA) is 67.4 Å². The van der Waals surface area contributed by atoms with E-state index in [9.17, 15) is 0 Å². The van der Waals surface area contributed by atoms with Gasteiger partial charge in [-0.05, 0) is 17.7 Å². The number of nitrogens with one attached hydrogen (secondary N) is 2.